The highest BCUT2D eigenvalue weighted by atomic mass is 127. The van der Waals surface area contributed by atoms with Crippen molar-refractivity contribution in [2.75, 3.05) is 5.32 Å². The molecule has 0 aromatic heterocycles. The van der Waals surface area contributed by atoms with Crippen LogP contribution in [0.25, 0.3) is 0 Å². The zero-order valence-electron chi connectivity index (χ0n) is 10.1. The van der Waals surface area contributed by atoms with Crippen molar-refractivity contribution in [3.63, 3.8) is 0 Å². The summed E-state index contributed by atoms with van der Waals surface area (Å²) >= 11 is 14.1. The van der Waals surface area contributed by atoms with Crippen molar-refractivity contribution < 1.29 is 5.11 Å². The lowest BCUT2D eigenvalue weighted by atomic mass is 10.1. The summed E-state index contributed by atoms with van der Waals surface area (Å²) in [7, 11) is 0. The van der Waals surface area contributed by atoms with E-state index in [-0.39, 0.29) is 21.8 Å². The molecule has 0 heterocycles. The summed E-state index contributed by atoms with van der Waals surface area (Å²) < 4.78 is 1.20. The van der Waals surface area contributed by atoms with Gasteiger partial charge in [0.25, 0.3) is 0 Å². The van der Waals surface area contributed by atoms with Gasteiger partial charge in [-0.2, -0.15) is 0 Å². The fourth-order valence-corrected chi connectivity index (χ4v) is 2.58. The molecule has 2 aromatic carbocycles. The Labute approximate surface area is 135 Å². The number of benzene rings is 2. The van der Waals surface area contributed by atoms with Crippen LogP contribution in [0.3, 0.4) is 0 Å². The third kappa shape index (κ3) is 3.68. The number of aromatic hydroxyl groups is 1. The summed E-state index contributed by atoms with van der Waals surface area (Å²) in [5.74, 6) is -0.0872. The smallest absolute Gasteiger partial charge is 0.152 e. The molecule has 19 heavy (non-hydrogen) atoms. The summed E-state index contributed by atoms with van der Waals surface area (Å²) in [4.78, 5) is 0. The molecule has 2 aromatic rings. The van der Waals surface area contributed by atoms with E-state index in [0.29, 0.717) is 0 Å². The molecule has 0 bridgehead atoms. The lowest BCUT2D eigenvalue weighted by Gasteiger charge is -2.16. The maximum atomic E-state index is 9.52. The van der Waals surface area contributed by atoms with Gasteiger partial charge >= 0.3 is 0 Å². The molecule has 0 fully saturated rings. The molecule has 2 N–H and O–H groups in total. The van der Waals surface area contributed by atoms with Crippen LogP contribution in [0.15, 0.2) is 36.4 Å². The standard InChI is InChI=1S/C14H12Cl2INO/c1-8(9-2-4-10(17)5-3-9)18-11-6-12(15)14(19)13(16)7-11/h2-8,18-19H,1H3. The molecule has 0 amide bonds. The van der Waals surface area contributed by atoms with Gasteiger partial charge in [-0.15, -0.1) is 0 Å². The van der Waals surface area contributed by atoms with Gasteiger partial charge in [-0.1, -0.05) is 35.3 Å². The molecule has 0 aliphatic carbocycles. The van der Waals surface area contributed by atoms with Crippen molar-refractivity contribution in [2.45, 2.75) is 13.0 Å². The van der Waals surface area contributed by atoms with Gasteiger partial charge < -0.3 is 10.4 Å². The number of phenols is 1. The van der Waals surface area contributed by atoms with Gasteiger partial charge in [0.15, 0.2) is 5.75 Å². The molecule has 1 unspecified atom stereocenters. The Bertz CT molecular complexity index is 563. The number of rotatable bonds is 3. The minimum absolute atomic E-state index is 0.0872. The van der Waals surface area contributed by atoms with Crippen LogP contribution < -0.4 is 5.32 Å². The number of nitrogens with one attached hydrogen (secondary N) is 1. The van der Waals surface area contributed by atoms with Gasteiger partial charge in [-0.05, 0) is 59.3 Å². The second-order valence-corrected chi connectivity index (χ2v) is 6.27. The fourth-order valence-electron chi connectivity index (χ4n) is 1.73. The SMILES string of the molecule is CC(Nc1cc(Cl)c(O)c(Cl)c1)c1ccc(I)cc1. The first kappa shape index (κ1) is 14.8. The van der Waals surface area contributed by atoms with E-state index in [1.807, 2.05) is 0 Å². The third-order valence-electron chi connectivity index (χ3n) is 2.77. The van der Waals surface area contributed by atoms with Crippen molar-refractivity contribution >= 4 is 51.5 Å². The first-order chi connectivity index (χ1) is 8.97. The normalized spacial score (nSPS) is 12.2. The summed E-state index contributed by atoms with van der Waals surface area (Å²) in [6.45, 7) is 2.05. The number of hydrogen-bond acceptors (Lipinski definition) is 2. The van der Waals surface area contributed by atoms with E-state index in [1.54, 1.807) is 12.1 Å². The maximum Gasteiger partial charge on any atom is 0.152 e. The number of hydrogen-bond donors (Lipinski definition) is 2. The minimum atomic E-state index is -0.0872. The van der Waals surface area contributed by atoms with Crippen LogP contribution in [0.1, 0.15) is 18.5 Å². The highest BCUT2D eigenvalue weighted by Gasteiger charge is 2.10. The van der Waals surface area contributed by atoms with Gasteiger partial charge in [-0.25, -0.2) is 0 Å². The van der Waals surface area contributed by atoms with Gasteiger partial charge in [0, 0.05) is 15.3 Å². The topological polar surface area (TPSA) is 32.3 Å². The molecule has 0 radical (unpaired) electrons. The summed E-state index contributed by atoms with van der Waals surface area (Å²) in [6, 6.07) is 11.7. The van der Waals surface area contributed by atoms with Crippen LogP contribution in [0.2, 0.25) is 10.0 Å². The molecular weight excluding hydrogens is 396 g/mol. The Kier molecular flexibility index (Phi) is 4.81. The molecule has 2 rings (SSSR count). The van der Waals surface area contributed by atoms with Crippen molar-refractivity contribution in [1.82, 2.24) is 0 Å². The Hall–Kier alpha value is -0.650. The zero-order valence-corrected chi connectivity index (χ0v) is 13.8. The molecule has 0 saturated heterocycles. The lowest BCUT2D eigenvalue weighted by molar-refractivity contribution is 0.476. The fraction of sp³-hybridized carbons (Fsp3) is 0.143. The monoisotopic (exact) mass is 407 g/mol. The van der Waals surface area contributed by atoms with E-state index >= 15 is 0 Å². The van der Waals surface area contributed by atoms with Crippen molar-refractivity contribution in [3.8, 4) is 5.75 Å². The zero-order chi connectivity index (χ0) is 14.0. The van der Waals surface area contributed by atoms with Gasteiger partial charge in [0.1, 0.15) is 0 Å². The molecule has 5 heteroatoms. The summed E-state index contributed by atoms with van der Waals surface area (Å²) in [5.41, 5.74) is 1.94. The Morgan fingerprint density at radius 1 is 1.11 bits per heavy atom. The van der Waals surface area contributed by atoms with Crippen molar-refractivity contribution in [2.24, 2.45) is 0 Å². The average molecular weight is 408 g/mol. The molecule has 0 saturated carbocycles. The van der Waals surface area contributed by atoms with Crippen LogP contribution in [0.5, 0.6) is 5.75 Å². The van der Waals surface area contributed by atoms with Gasteiger partial charge in [0.2, 0.25) is 0 Å². The third-order valence-corrected chi connectivity index (χ3v) is 4.07. The quantitative estimate of drug-likeness (QED) is 0.521. The molecule has 1 atom stereocenters. The Morgan fingerprint density at radius 3 is 2.16 bits per heavy atom. The van der Waals surface area contributed by atoms with E-state index in [4.69, 9.17) is 23.2 Å². The number of halogens is 3. The largest absolute Gasteiger partial charge is 0.505 e. The molecule has 0 aliphatic heterocycles. The predicted molar refractivity (Wildman–Crippen MR) is 89.3 cm³/mol. The van der Waals surface area contributed by atoms with Crippen molar-refractivity contribution in [3.05, 3.63) is 55.6 Å². The summed E-state index contributed by atoms with van der Waals surface area (Å²) in [5, 5.41) is 13.3. The molecular formula is C14H12Cl2INO. The molecule has 100 valence electrons. The second-order valence-electron chi connectivity index (χ2n) is 4.21. The van der Waals surface area contributed by atoms with Crippen LogP contribution in [-0.4, -0.2) is 5.11 Å². The molecule has 2 nitrogen and oxygen atoms in total. The highest BCUT2D eigenvalue weighted by molar-refractivity contribution is 14.1. The number of phenolic OH excluding ortho intramolecular Hbond substituents is 1. The van der Waals surface area contributed by atoms with E-state index in [9.17, 15) is 5.11 Å². The first-order valence-electron chi connectivity index (χ1n) is 5.67. The Balaban J connectivity index is 2.19. The minimum Gasteiger partial charge on any atom is -0.505 e. The van der Waals surface area contributed by atoms with Crippen molar-refractivity contribution in [1.29, 1.82) is 0 Å². The Morgan fingerprint density at radius 2 is 1.63 bits per heavy atom. The highest BCUT2D eigenvalue weighted by Crippen LogP contribution is 2.35. The lowest BCUT2D eigenvalue weighted by Crippen LogP contribution is -2.06. The maximum absolute atomic E-state index is 9.52. The van der Waals surface area contributed by atoms with Gasteiger partial charge in [-0.3, -0.25) is 0 Å². The van der Waals surface area contributed by atoms with Crippen LogP contribution in [-0.2, 0) is 0 Å². The average Bonchev–Trinajstić information content (AvgIpc) is 2.36. The van der Waals surface area contributed by atoms with E-state index in [0.717, 1.165) is 5.69 Å². The van der Waals surface area contributed by atoms with Crippen LogP contribution in [0, 0.1) is 3.57 Å². The predicted octanol–water partition coefficient (Wildman–Crippen LogP) is 5.48. The van der Waals surface area contributed by atoms with E-state index < -0.39 is 0 Å². The first-order valence-corrected chi connectivity index (χ1v) is 7.51. The van der Waals surface area contributed by atoms with Crippen LogP contribution in [0.4, 0.5) is 5.69 Å². The molecule has 0 spiro atoms. The molecule has 0 aliphatic rings. The van der Waals surface area contributed by atoms with E-state index in [1.165, 1.54) is 9.13 Å². The van der Waals surface area contributed by atoms with Gasteiger partial charge in [0.05, 0.1) is 10.0 Å². The second kappa shape index (κ2) is 6.20. The van der Waals surface area contributed by atoms with Crippen LogP contribution >= 0.6 is 45.8 Å². The summed E-state index contributed by atoms with van der Waals surface area (Å²) in [6.07, 6.45) is 0. The number of anilines is 1. The van der Waals surface area contributed by atoms with E-state index in [2.05, 4.69) is 59.1 Å².